The molecule has 2 aliphatic carbocycles. The van der Waals surface area contributed by atoms with Gasteiger partial charge in [-0.15, -0.1) is 0 Å². The third kappa shape index (κ3) is 2.90. The monoisotopic (exact) mass is 442 g/mol. The summed E-state index contributed by atoms with van der Waals surface area (Å²) in [7, 11) is 3.14. The number of imide groups is 1. The summed E-state index contributed by atoms with van der Waals surface area (Å²) in [4.78, 5) is 45.8. The summed E-state index contributed by atoms with van der Waals surface area (Å²) in [5, 5.41) is 3.97. The van der Waals surface area contributed by atoms with E-state index >= 15 is 0 Å². The minimum Gasteiger partial charge on any atom is -0.493 e. The van der Waals surface area contributed by atoms with Gasteiger partial charge in [0.25, 0.3) is 0 Å². The van der Waals surface area contributed by atoms with Crippen molar-refractivity contribution in [1.82, 2.24) is 4.90 Å². The molecular formula is C23H26N2O7. The van der Waals surface area contributed by atoms with E-state index in [2.05, 4.69) is 5.16 Å². The van der Waals surface area contributed by atoms with E-state index in [0.29, 0.717) is 30.9 Å². The molecule has 32 heavy (non-hydrogen) atoms. The molecule has 2 heterocycles. The van der Waals surface area contributed by atoms with E-state index in [1.54, 1.807) is 21.1 Å². The van der Waals surface area contributed by atoms with Gasteiger partial charge in [0.1, 0.15) is 6.10 Å². The Kier molecular flexibility index (Phi) is 5.06. The van der Waals surface area contributed by atoms with Crippen LogP contribution in [-0.2, 0) is 30.4 Å². The van der Waals surface area contributed by atoms with Crippen LogP contribution in [0.15, 0.2) is 23.4 Å². The van der Waals surface area contributed by atoms with Crippen molar-refractivity contribution in [3.05, 3.63) is 23.8 Å². The van der Waals surface area contributed by atoms with Crippen LogP contribution < -0.4 is 9.47 Å². The summed E-state index contributed by atoms with van der Waals surface area (Å²) >= 11 is 0. The first kappa shape index (κ1) is 20.8. The summed E-state index contributed by atoms with van der Waals surface area (Å²) in [5.41, 5.74) is 1.20. The molecule has 1 aromatic rings. The van der Waals surface area contributed by atoms with Crippen molar-refractivity contribution in [2.24, 2.45) is 34.7 Å². The lowest BCUT2D eigenvalue weighted by Crippen LogP contribution is -2.42. The van der Waals surface area contributed by atoms with Crippen LogP contribution >= 0.6 is 0 Å². The molecule has 2 aliphatic heterocycles. The van der Waals surface area contributed by atoms with Gasteiger partial charge >= 0.3 is 5.97 Å². The molecule has 2 saturated carbocycles. The number of nitrogens with zero attached hydrogens (tertiary/aromatic N) is 2. The zero-order chi connectivity index (χ0) is 22.6. The summed E-state index contributed by atoms with van der Waals surface area (Å²) < 4.78 is 15.7. The lowest BCUT2D eigenvalue weighted by Gasteiger charge is -2.29. The maximum Gasteiger partial charge on any atom is 0.356 e. The fourth-order valence-electron chi connectivity index (χ4n) is 6.06. The zero-order valence-electron chi connectivity index (χ0n) is 18.3. The summed E-state index contributed by atoms with van der Waals surface area (Å²) in [6, 6.07) is 5.57. The Morgan fingerprint density at radius 2 is 1.81 bits per heavy atom. The van der Waals surface area contributed by atoms with E-state index in [9.17, 15) is 14.4 Å². The summed E-state index contributed by atoms with van der Waals surface area (Å²) in [5.74, 6) is -0.862. The van der Waals surface area contributed by atoms with Crippen LogP contribution in [0.1, 0.15) is 18.9 Å². The molecule has 0 spiro atoms. The molecule has 0 N–H and O–H groups in total. The minimum absolute atomic E-state index is 0.104. The third-order valence-corrected chi connectivity index (χ3v) is 7.34. The first-order valence-corrected chi connectivity index (χ1v) is 11.0. The number of methoxy groups -OCH3 is 2. The van der Waals surface area contributed by atoms with Gasteiger partial charge in [0.2, 0.25) is 11.8 Å². The predicted molar refractivity (Wildman–Crippen MR) is 111 cm³/mol. The molecule has 1 saturated heterocycles. The maximum absolute atomic E-state index is 13.3. The van der Waals surface area contributed by atoms with Crippen molar-refractivity contribution in [1.29, 1.82) is 0 Å². The van der Waals surface area contributed by atoms with Gasteiger partial charge < -0.3 is 19.0 Å². The average Bonchev–Trinajstić information content (AvgIpc) is 3.53. The number of carbonyl (C=O) groups is 3. The van der Waals surface area contributed by atoms with Crippen molar-refractivity contribution in [2.45, 2.75) is 25.9 Å². The van der Waals surface area contributed by atoms with Crippen molar-refractivity contribution in [3.8, 4) is 11.5 Å². The molecule has 170 valence electrons. The molecule has 9 heteroatoms. The van der Waals surface area contributed by atoms with Gasteiger partial charge in [-0.1, -0.05) is 11.2 Å². The number of oxime groups is 1. The standard InChI is InChI=1S/C23H26N2O7/c1-4-31-23(28)19-18-12-10-13(20(18)32-24-19)17-16(12)21(26)25(22(17)27)8-7-11-5-6-14(29-2)15(9-11)30-3/h5-6,9,12-13,16-18,20H,4,7-8,10H2,1-3H3/t12-,13+,16+,17+,18-,20-/m1/s1. The fourth-order valence-corrected chi connectivity index (χ4v) is 6.06. The largest absolute Gasteiger partial charge is 0.493 e. The van der Waals surface area contributed by atoms with Crippen LogP contribution in [0.4, 0.5) is 0 Å². The molecule has 0 aromatic heterocycles. The van der Waals surface area contributed by atoms with Gasteiger partial charge in [-0.2, -0.15) is 0 Å². The van der Waals surface area contributed by atoms with E-state index in [4.69, 9.17) is 19.0 Å². The Balaban J connectivity index is 1.31. The van der Waals surface area contributed by atoms with Crippen LogP contribution in [0.2, 0.25) is 0 Å². The van der Waals surface area contributed by atoms with Crippen LogP contribution in [0.25, 0.3) is 0 Å². The molecule has 0 unspecified atom stereocenters. The van der Waals surface area contributed by atoms with Gasteiger partial charge in [-0.25, -0.2) is 4.79 Å². The smallest absolute Gasteiger partial charge is 0.356 e. The summed E-state index contributed by atoms with van der Waals surface area (Å²) in [6.45, 7) is 2.28. The molecule has 1 aromatic carbocycles. The number of esters is 1. The highest BCUT2D eigenvalue weighted by Gasteiger charge is 2.70. The van der Waals surface area contributed by atoms with Gasteiger partial charge in [-0.3, -0.25) is 14.5 Å². The quantitative estimate of drug-likeness (QED) is 0.465. The molecule has 2 bridgehead atoms. The fraction of sp³-hybridized carbons (Fsp3) is 0.565. The number of rotatable bonds is 7. The second kappa shape index (κ2) is 7.79. The van der Waals surface area contributed by atoms with E-state index < -0.39 is 17.8 Å². The van der Waals surface area contributed by atoms with Gasteiger partial charge in [-0.05, 0) is 43.4 Å². The van der Waals surface area contributed by atoms with Crippen LogP contribution in [-0.4, -0.2) is 61.9 Å². The molecule has 2 amide bonds. The topological polar surface area (TPSA) is 104 Å². The molecule has 4 aliphatic rings. The number of hydrogen-bond acceptors (Lipinski definition) is 8. The Labute approximate surface area is 185 Å². The number of ether oxygens (including phenoxy) is 3. The predicted octanol–water partition coefficient (Wildman–Crippen LogP) is 1.43. The first-order valence-electron chi connectivity index (χ1n) is 11.0. The number of likely N-dealkylation sites (tertiary alicyclic amines) is 1. The van der Waals surface area contributed by atoms with Crippen molar-refractivity contribution in [2.75, 3.05) is 27.4 Å². The second-order valence-corrected chi connectivity index (χ2v) is 8.68. The van der Waals surface area contributed by atoms with E-state index in [0.717, 1.165) is 5.56 Å². The average molecular weight is 442 g/mol. The van der Waals surface area contributed by atoms with Crippen molar-refractivity contribution < 1.29 is 33.4 Å². The van der Waals surface area contributed by atoms with E-state index in [1.807, 2.05) is 18.2 Å². The summed E-state index contributed by atoms with van der Waals surface area (Å²) in [6.07, 6.45) is 0.887. The lowest BCUT2D eigenvalue weighted by molar-refractivity contribution is -0.141. The van der Waals surface area contributed by atoms with Gasteiger partial charge in [0.05, 0.1) is 38.6 Å². The van der Waals surface area contributed by atoms with Crippen LogP contribution in [0, 0.1) is 29.6 Å². The molecule has 0 radical (unpaired) electrons. The SMILES string of the molecule is CCOC(=O)C1=NO[C@@H]2[C@H]3C[C@@H]([C@H]12)[C@@H]1C(=O)N(CCc2ccc(OC)c(OC)c2)C(=O)[C@@H]31. The lowest BCUT2D eigenvalue weighted by atomic mass is 9.72. The highest BCUT2D eigenvalue weighted by Crippen LogP contribution is 2.61. The Morgan fingerprint density at radius 1 is 1.09 bits per heavy atom. The minimum atomic E-state index is -0.494. The van der Waals surface area contributed by atoms with Crippen LogP contribution in [0.5, 0.6) is 11.5 Å². The molecule has 9 nitrogen and oxygen atoms in total. The number of fused-ring (bicyclic) bond motifs is 8. The number of amides is 2. The second-order valence-electron chi connectivity index (χ2n) is 8.68. The van der Waals surface area contributed by atoms with E-state index in [1.165, 1.54) is 4.90 Å². The van der Waals surface area contributed by atoms with Gasteiger partial charge in [0, 0.05) is 12.5 Å². The number of hydrogen-bond donors (Lipinski definition) is 0. The number of carbonyl (C=O) groups excluding carboxylic acids is 3. The maximum atomic E-state index is 13.3. The van der Waals surface area contributed by atoms with E-state index in [-0.39, 0.29) is 48.0 Å². The number of benzene rings is 1. The Hall–Kier alpha value is -3.10. The van der Waals surface area contributed by atoms with Gasteiger partial charge in [0.15, 0.2) is 17.2 Å². The molecule has 6 atom stereocenters. The van der Waals surface area contributed by atoms with Crippen molar-refractivity contribution in [3.63, 3.8) is 0 Å². The normalized spacial score (nSPS) is 31.8. The highest BCUT2D eigenvalue weighted by atomic mass is 16.6. The molecule has 5 rings (SSSR count). The highest BCUT2D eigenvalue weighted by molar-refractivity contribution is 6.38. The third-order valence-electron chi connectivity index (χ3n) is 7.34. The Bertz CT molecular complexity index is 1010. The van der Waals surface area contributed by atoms with Crippen molar-refractivity contribution >= 4 is 23.5 Å². The molecular weight excluding hydrogens is 416 g/mol. The Morgan fingerprint density at radius 3 is 2.50 bits per heavy atom. The zero-order valence-corrected chi connectivity index (χ0v) is 18.3. The van der Waals surface area contributed by atoms with Crippen LogP contribution in [0.3, 0.4) is 0 Å². The first-order chi connectivity index (χ1) is 15.5. The molecule has 3 fully saturated rings.